The summed E-state index contributed by atoms with van der Waals surface area (Å²) in [5.41, 5.74) is -16.2. The number of alkyl halides is 13. The molecule has 11 fully saturated rings. The molecule has 0 heterocycles. The van der Waals surface area contributed by atoms with Crippen molar-refractivity contribution in [3.63, 3.8) is 0 Å². The number of carbonyl (C=O) groups is 2. The number of aliphatic hydroxyl groups is 2. The summed E-state index contributed by atoms with van der Waals surface area (Å²) in [7, 11) is 0. The van der Waals surface area contributed by atoms with Crippen molar-refractivity contribution in [1.82, 2.24) is 0 Å². The first kappa shape index (κ1) is 105. The summed E-state index contributed by atoms with van der Waals surface area (Å²) in [4.78, 5) is 23.8. The van der Waals surface area contributed by atoms with Gasteiger partial charge in [-0.15, -0.1) is 0 Å². The molecule has 674 valence electrons. The van der Waals surface area contributed by atoms with Gasteiger partial charge >= 0.3 is 77.0 Å². The van der Waals surface area contributed by atoms with Crippen LogP contribution < -0.4 is 39.0 Å². The predicted molar refractivity (Wildman–Crippen MR) is 402 cm³/mol. The van der Waals surface area contributed by atoms with E-state index in [-0.39, 0.29) is 157 Å². The van der Waals surface area contributed by atoms with Gasteiger partial charge in [-0.3, -0.25) is 9.59 Å². The fourth-order valence-electron chi connectivity index (χ4n) is 19.7. The monoisotopic (exact) mass is 1800 g/mol. The largest absolute Gasteiger partial charge is 1.00 e. The minimum atomic E-state index is -4.38. The van der Waals surface area contributed by atoms with Crippen molar-refractivity contribution in [3.8, 4) is 11.5 Å². The molecule has 10 bridgehead atoms. The quantitative estimate of drug-likeness (QED) is 0.0282. The summed E-state index contributed by atoms with van der Waals surface area (Å²) in [6.45, 7) is 16.2. The summed E-state index contributed by atoms with van der Waals surface area (Å²) in [6, 6.07) is 5.25. The second kappa shape index (κ2) is 41.6. The van der Waals surface area contributed by atoms with Gasteiger partial charge < -0.3 is 35.3 Å². The first-order chi connectivity index (χ1) is 54.7. The molecule has 0 radical (unpaired) electrons. The van der Waals surface area contributed by atoms with Crippen molar-refractivity contribution in [2.75, 3.05) is 13.2 Å². The number of fused-ring (bicyclic) bond motifs is 13. The molecule has 118 heavy (non-hydrogen) atoms. The van der Waals surface area contributed by atoms with Crippen LogP contribution in [0.15, 0.2) is 47.6 Å². The molecule has 15 aliphatic rings. The third kappa shape index (κ3) is 19.5. The third-order valence-corrected chi connectivity index (χ3v) is 27.5. The number of benzene rings is 2. The zero-order chi connectivity index (χ0) is 88.1. The van der Waals surface area contributed by atoms with E-state index < -0.39 is 156 Å². The van der Waals surface area contributed by atoms with Gasteiger partial charge in [0.2, 0.25) is 11.6 Å². The maximum Gasteiger partial charge on any atom is 1.00 e. The fourth-order valence-corrected chi connectivity index (χ4v) is 20.2. The fraction of sp³-hybridized carbons (Fsp3) is 0.788. The Bertz CT molecular complexity index is 3660. The normalized spacial score (nSPS) is 31.7. The average molecular weight is 1800 g/mol. The molecule has 0 saturated heterocycles. The van der Waals surface area contributed by atoms with Crippen LogP contribution in [-0.2, 0) is 35.7 Å². The molecule has 15 aliphatic carbocycles. The smallest absolute Gasteiger partial charge is 1.00 e. The number of halogens is 23. The summed E-state index contributed by atoms with van der Waals surface area (Å²) in [5, 5.41) is 19.7. The van der Waals surface area contributed by atoms with Gasteiger partial charge in [-0.1, -0.05) is 128 Å². The Morgan fingerprint density at radius 2 is 0.729 bits per heavy atom. The van der Waals surface area contributed by atoms with Crippen molar-refractivity contribution in [3.05, 3.63) is 82.0 Å². The van der Waals surface area contributed by atoms with E-state index in [1.807, 2.05) is 20.8 Å². The van der Waals surface area contributed by atoms with E-state index in [2.05, 4.69) is 22.9 Å². The zero-order valence-corrected chi connectivity index (χ0v) is 73.0. The standard InChI is InChI=1S/C20H24F6O2.C17H26F4O2.C17H26F2O2.C11H16F4O.C11H16F2O.C9H9BrF2O.F2.Na.H/c1-3-7-17-8-10-18(11-9-17,20(25,26)19(17,23)24)28-12-13-5-6-14(27-4-2)16(22)15(13)21;1-3-5-6-7-13(22)23-15-11-9-14(8-4-2,10-12-15)16(18,19)17(15,20)21;1-3-5-6-7-13(20)21-17-11-9-16(8-4-2,10-12-17)14(18)15(17)19;1-2-3-8-4-6-9(16,7-5-8)11(14,15)10(8,12)13;1-2-3-10-4-6-11(14,7-5-10)9(13)8(10)12;1-2-13-7-4-3-6(5-10)8(11)9(7)12;1-2;;/h5-6H,3-4,7-12H2,1-2H3;3-12H2,1-2H3;3-12H2,1-2H3;16H,2-7H2,1H3;14H,2-7H2,1H3;3-4H,2,5H2,1H3;;;/q;;;;;;;+1;-1. The molecule has 9 nitrogen and oxygen atoms in total. The van der Waals surface area contributed by atoms with Crippen LogP contribution in [0.3, 0.4) is 0 Å². The topological polar surface area (TPSA) is 121 Å². The summed E-state index contributed by atoms with van der Waals surface area (Å²) < 4.78 is 325. The molecule has 0 amide bonds. The summed E-state index contributed by atoms with van der Waals surface area (Å²) >= 11 is 3.06. The first-order valence-electron chi connectivity index (χ1n) is 41.5. The summed E-state index contributed by atoms with van der Waals surface area (Å²) in [6.07, 6.45) is 12.3. The number of allylic oxidation sites excluding steroid dienone is 2. The molecule has 0 aliphatic heterocycles. The molecule has 0 spiro atoms. The van der Waals surface area contributed by atoms with Crippen LogP contribution in [0.2, 0.25) is 0 Å². The second-order valence-corrected chi connectivity index (χ2v) is 34.3. The van der Waals surface area contributed by atoms with Gasteiger partial charge in [0.05, 0.1) is 19.8 Å². The maximum absolute atomic E-state index is 14.9. The Kier molecular flexibility index (Phi) is 37.0. The molecule has 17 rings (SSSR count). The Labute approximate surface area is 710 Å². The van der Waals surface area contributed by atoms with Gasteiger partial charge in [-0.2, -0.15) is 61.5 Å². The molecule has 0 aromatic heterocycles. The number of hydrogen-bond donors (Lipinski definition) is 2. The van der Waals surface area contributed by atoms with E-state index in [1.165, 1.54) is 18.2 Å². The van der Waals surface area contributed by atoms with Gasteiger partial charge in [-0.05, 0) is 205 Å². The van der Waals surface area contributed by atoms with Crippen molar-refractivity contribution in [1.29, 1.82) is 0 Å². The van der Waals surface area contributed by atoms with Crippen molar-refractivity contribution in [2.45, 2.75) is 382 Å². The van der Waals surface area contributed by atoms with Gasteiger partial charge in [0.25, 0.3) is 0 Å². The van der Waals surface area contributed by atoms with Crippen molar-refractivity contribution in [2.24, 2.45) is 27.1 Å². The van der Waals surface area contributed by atoms with Crippen LogP contribution >= 0.6 is 15.9 Å². The Morgan fingerprint density at radius 3 is 1.12 bits per heavy atom. The van der Waals surface area contributed by atoms with Crippen LogP contribution in [0.1, 0.15) is 319 Å². The van der Waals surface area contributed by atoms with Gasteiger partial charge in [0, 0.05) is 65.5 Å². The minimum absolute atomic E-state index is 0. The Morgan fingerprint density at radius 1 is 0.381 bits per heavy atom. The van der Waals surface area contributed by atoms with Crippen molar-refractivity contribution < 1.29 is 171 Å². The van der Waals surface area contributed by atoms with Crippen molar-refractivity contribution >= 4 is 27.9 Å². The zero-order valence-electron chi connectivity index (χ0n) is 70.5. The van der Waals surface area contributed by atoms with Crippen LogP contribution in [0.5, 0.6) is 11.5 Å². The van der Waals surface area contributed by atoms with Gasteiger partial charge in [-0.25, -0.2) is 26.3 Å². The van der Waals surface area contributed by atoms with E-state index in [0.717, 1.165) is 51.0 Å². The number of ether oxygens (including phenoxy) is 5. The van der Waals surface area contributed by atoms with Gasteiger partial charge in [0.1, 0.15) is 28.5 Å². The molecular formula is C85H118BrF22NaO9. The van der Waals surface area contributed by atoms with E-state index >= 15 is 0 Å². The molecule has 33 heteroatoms. The molecule has 11 saturated carbocycles. The molecule has 2 aromatic rings. The van der Waals surface area contributed by atoms with Crippen LogP contribution in [0.25, 0.3) is 0 Å². The molecule has 0 unspecified atom stereocenters. The molecular weight excluding hydrogens is 1690 g/mol. The minimum Gasteiger partial charge on any atom is -1.00 e. The molecule has 2 N–H and O–H groups in total. The maximum atomic E-state index is 14.9. The number of unbranched alkanes of at least 4 members (excludes halogenated alkanes) is 4. The molecule has 0 atom stereocenters. The van der Waals surface area contributed by atoms with E-state index in [0.29, 0.717) is 114 Å². The average Bonchev–Trinajstić information content (AvgIpc) is 0.681. The SMILES string of the molecule is CCCC12CCC(O)(CC1)C(F)(F)C2(F)F.CCCC12CCC(O)(CC1)C(F)=C2F.CCCC12CCC(OCc3ccc(OCC)c(F)c3F)(CC1)C(F)(F)C2(F)F.CCCCCC(=O)OC12CCC(CCC)(CC1)C(F)(F)C2(F)F.CCCCCC(=O)OC12CCC(CCC)(CC1)C(F)=C2F.CCOc1ccc(CBr)c(F)c1F.FF.[H-].[Na+]. The summed E-state index contributed by atoms with van der Waals surface area (Å²) in [5.74, 6) is -34.2. The number of rotatable bonds is 28. The first-order valence-corrected chi connectivity index (χ1v) is 42.6. The second-order valence-electron chi connectivity index (χ2n) is 33.8. The van der Waals surface area contributed by atoms with E-state index in [9.17, 15) is 108 Å². The number of carbonyl (C=O) groups excluding carboxylic acids is 2. The molecule has 2 aromatic carbocycles. The Balaban J connectivity index is 0.000000303. The van der Waals surface area contributed by atoms with E-state index in [1.54, 1.807) is 34.6 Å². The Hall–Kier alpha value is -3.72. The van der Waals surface area contributed by atoms with E-state index in [4.69, 9.17) is 32.8 Å². The third-order valence-electron chi connectivity index (χ3n) is 26.9. The number of hydrogen-bond acceptors (Lipinski definition) is 9. The van der Waals surface area contributed by atoms with Gasteiger partial charge in [0.15, 0.2) is 46.0 Å². The number of esters is 2. The predicted octanol–water partition coefficient (Wildman–Crippen LogP) is 25.0. The van der Waals surface area contributed by atoms with Crippen LogP contribution in [-0.4, -0.2) is 98.9 Å². The van der Waals surface area contributed by atoms with Crippen LogP contribution in [0, 0.1) is 50.3 Å². The van der Waals surface area contributed by atoms with Crippen LogP contribution in [0.4, 0.5) is 97.0 Å².